The number of aliphatic hydroxyl groups excluding tert-OH is 1. The van der Waals surface area contributed by atoms with E-state index in [1.807, 2.05) is 0 Å². The Labute approximate surface area is 145 Å². The number of nitrogens with one attached hydrogen (secondary N) is 1. The molecule has 0 atom stereocenters. The third-order valence-corrected chi connectivity index (χ3v) is 5.17. The summed E-state index contributed by atoms with van der Waals surface area (Å²) in [5.74, 6) is -0.286. The van der Waals surface area contributed by atoms with Crippen LogP contribution in [0.15, 0.2) is 11.1 Å². The standard InChI is InChI=1S/C17H25N3O3S/c1-5-6-7-8-20-10-18-15-12(16(20)23)11(2)13(24-15)14(22)19-17(3,4)9-21/h10,21H,5-9H2,1-4H3,(H,19,22). The van der Waals surface area contributed by atoms with Crippen LogP contribution in [0.3, 0.4) is 0 Å². The summed E-state index contributed by atoms with van der Waals surface area (Å²) in [6.45, 7) is 7.86. The zero-order valence-corrected chi connectivity index (χ0v) is 15.5. The Bertz CT molecular complexity index is 792. The topological polar surface area (TPSA) is 84.2 Å². The first-order valence-corrected chi connectivity index (χ1v) is 9.04. The number of thiophene rings is 1. The number of carbonyl (C=O) groups excluding carboxylic acids is 1. The molecule has 0 unspecified atom stereocenters. The van der Waals surface area contributed by atoms with Crippen molar-refractivity contribution in [3.8, 4) is 0 Å². The normalized spacial score (nSPS) is 11.9. The average Bonchev–Trinajstić information content (AvgIpc) is 2.87. The van der Waals surface area contributed by atoms with Crippen LogP contribution in [0.4, 0.5) is 0 Å². The molecule has 0 bridgehead atoms. The zero-order chi connectivity index (χ0) is 17.9. The van der Waals surface area contributed by atoms with E-state index < -0.39 is 5.54 Å². The highest BCUT2D eigenvalue weighted by Crippen LogP contribution is 2.27. The number of fused-ring (bicyclic) bond motifs is 1. The minimum Gasteiger partial charge on any atom is -0.394 e. The molecule has 2 aromatic heterocycles. The molecule has 24 heavy (non-hydrogen) atoms. The van der Waals surface area contributed by atoms with Gasteiger partial charge in [0, 0.05) is 6.54 Å². The number of aromatic nitrogens is 2. The minimum atomic E-state index is -0.715. The van der Waals surface area contributed by atoms with Gasteiger partial charge in [-0.2, -0.15) is 0 Å². The van der Waals surface area contributed by atoms with E-state index in [2.05, 4.69) is 17.2 Å². The van der Waals surface area contributed by atoms with E-state index in [-0.39, 0.29) is 18.1 Å². The third-order valence-electron chi connectivity index (χ3n) is 3.97. The molecule has 0 saturated carbocycles. The number of rotatable bonds is 7. The number of nitrogens with zero attached hydrogens (tertiary/aromatic N) is 2. The van der Waals surface area contributed by atoms with Crippen LogP contribution in [0.2, 0.25) is 0 Å². The highest BCUT2D eigenvalue weighted by molar-refractivity contribution is 7.20. The molecule has 0 spiro atoms. The molecule has 0 aliphatic rings. The van der Waals surface area contributed by atoms with Crippen LogP contribution in [0.25, 0.3) is 10.2 Å². The van der Waals surface area contributed by atoms with E-state index in [1.54, 1.807) is 31.7 Å². The van der Waals surface area contributed by atoms with E-state index in [9.17, 15) is 14.7 Å². The number of aliphatic hydroxyl groups is 1. The molecule has 0 radical (unpaired) electrons. The van der Waals surface area contributed by atoms with Crippen molar-refractivity contribution >= 4 is 27.5 Å². The average molecular weight is 351 g/mol. The lowest BCUT2D eigenvalue weighted by Gasteiger charge is -2.23. The second kappa shape index (κ2) is 7.44. The lowest BCUT2D eigenvalue weighted by atomic mass is 10.1. The Morgan fingerprint density at radius 2 is 2.12 bits per heavy atom. The second-order valence-corrected chi connectivity index (χ2v) is 7.68. The third kappa shape index (κ3) is 3.84. The Kier molecular flexibility index (Phi) is 5.77. The quantitative estimate of drug-likeness (QED) is 0.751. The summed E-state index contributed by atoms with van der Waals surface area (Å²) in [5, 5.41) is 12.6. The fraction of sp³-hybridized carbons (Fsp3) is 0.588. The second-order valence-electron chi connectivity index (χ2n) is 6.68. The van der Waals surface area contributed by atoms with Gasteiger partial charge in [-0.05, 0) is 32.8 Å². The molecule has 2 heterocycles. The molecular formula is C17H25N3O3S. The SMILES string of the molecule is CCCCCn1cnc2sc(C(=O)NC(C)(C)CO)c(C)c2c1=O. The largest absolute Gasteiger partial charge is 0.394 e. The van der Waals surface area contributed by atoms with Gasteiger partial charge in [-0.15, -0.1) is 11.3 Å². The molecule has 0 aliphatic carbocycles. The van der Waals surface area contributed by atoms with Gasteiger partial charge in [0.1, 0.15) is 4.83 Å². The number of aryl methyl sites for hydroxylation is 2. The number of unbranched alkanes of at least 4 members (excludes halogenated alkanes) is 2. The molecule has 132 valence electrons. The fourth-order valence-electron chi connectivity index (χ4n) is 2.47. The van der Waals surface area contributed by atoms with Crippen molar-refractivity contribution in [3.63, 3.8) is 0 Å². The van der Waals surface area contributed by atoms with E-state index in [1.165, 1.54) is 11.3 Å². The van der Waals surface area contributed by atoms with Gasteiger partial charge in [-0.25, -0.2) is 4.98 Å². The molecule has 0 fully saturated rings. The van der Waals surface area contributed by atoms with Crippen LogP contribution in [0, 0.1) is 6.92 Å². The summed E-state index contributed by atoms with van der Waals surface area (Å²) in [6.07, 6.45) is 4.66. The van der Waals surface area contributed by atoms with Crippen molar-refractivity contribution in [1.29, 1.82) is 0 Å². The predicted octanol–water partition coefficient (Wildman–Crippen LogP) is 2.46. The Hall–Kier alpha value is -1.73. The molecule has 0 aromatic carbocycles. The molecule has 2 aromatic rings. The van der Waals surface area contributed by atoms with Crippen molar-refractivity contribution in [2.75, 3.05) is 6.61 Å². The summed E-state index contributed by atoms with van der Waals surface area (Å²) < 4.78 is 1.62. The Balaban J connectivity index is 2.38. The molecule has 0 aliphatic heterocycles. The molecule has 6 nitrogen and oxygen atoms in total. The maximum absolute atomic E-state index is 12.7. The summed E-state index contributed by atoms with van der Waals surface area (Å²) in [4.78, 5) is 30.6. The Morgan fingerprint density at radius 1 is 1.42 bits per heavy atom. The van der Waals surface area contributed by atoms with Crippen LogP contribution in [-0.4, -0.2) is 32.7 Å². The van der Waals surface area contributed by atoms with Crippen molar-refractivity contribution in [2.24, 2.45) is 0 Å². The number of hydrogen-bond acceptors (Lipinski definition) is 5. The maximum atomic E-state index is 12.7. The lowest BCUT2D eigenvalue weighted by Crippen LogP contribution is -2.46. The van der Waals surface area contributed by atoms with Crippen LogP contribution in [-0.2, 0) is 6.54 Å². The zero-order valence-electron chi connectivity index (χ0n) is 14.7. The van der Waals surface area contributed by atoms with E-state index in [4.69, 9.17) is 0 Å². The highest BCUT2D eigenvalue weighted by Gasteiger charge is 2.24. The monoisotopic (exact) mass is 351 g/mol. The summed E-state index contributed by atoms with van der Waals surface area (Å²) >= 11 is 1.22. The van der Waals surface area contributed by atoms with Crippen LogP contribution >= 0.6 is 11.3 Å². The molecule has 7 heteroatoms. The summed E-state index contributed by atoms with van der Waals surface area (Å²) in [7, 11) is 0. The highest BCUT2D eigenvalue weighted by atomic mass is 32.1. The van der Waals surface area contributed by atoms with Crippen molar-refractivity contribution in [1.82, 2.24) is 14.9 Å². The van der Waals surface area contributed by atoms with Gasteiger partial charge in [-0.1, -0.05) is 19.8 Å². The van der Waals surface area contributed by atoms with Gasteiger partial charge in [0.15, 0.2) is 0 Å². The van der Waals surface area contributed by atoms with Crippen molar-refractivity contribution in [3.05, 3.63) is 27.1 Å². The molecule has 1 amide bonds. The van der Waals surface area contributed by atoms with E-state index in [0.717, 1.165) is 19.3 Å². The van der Waals surface area contributed by atoms with Gasteiger partial charge < -0.3 is 10.4 Å². The van der Waals surface area contributed by atoms with E-state index in [0.29, 0.717) is 27.2 Å². The number of carbonyl (C=O) groups is 1. The van der Waals surface area contributed by atoms with Gasteiger partial charge in [0.2, 0.25) is 0 Å². The molecular weight excluding hydrogens is 326 g/mol. The van der Waals surface area contributed by atoms with Gasteiger partial charge in [0.25, 0.3) is 11.5 Å². The van der Waals surface area contributed by atoms with Gasteiger partial charge in [0.05, 0.1) is 28.7 Å². The van der Waals surface area contributed by atoms with Gasteiger partial charge in [-0.3, -0.25) is 14.2 Å². The van der Waals surface area contributed by atoms with Crippen molar-refractivity contribution in [2.45, 2.75) is 59.0 Å². The molecule has 2 N–H and O–H groups in total. The van der Waals surface area contributed by atoms with Crippen LogP contribution in [0.1, 0.15) is 55.3 Å². The van der Waals surface area contributed by atoms with Crippen LogP contribution < -0.4 is 10.9 Å². The van der Waals surface area contributed by atoms with E-state index >= 15 is 0 Å². The number of amides is 1. The smallest absolute Gasteiger partial charge is 0.262 e. The first-order valence-electron chi connectivity index (χ1n) is 8.22. The first-order chi connectivity index (χ1) is 11.3. The van der Waals surface area contributed by atoms with Crippen LogP contribution in [0.5, 0.6) is 0 Å². The molecule has 2 rings (SSSR count). The lowest BCUT2D eigenvalue weighted by molar-refractivity contribution is 0.0873. The van der Waals surface area contributed by atoms with Crippen molar-refractivity contribution < 1.29 is 9.90 Å². The maximum Gasteiger partial charge on any atom is 0.262 e. The molecule has 0 saturated heterocycles. The summed E-state index contributed by atoms with van der Waals surface area (Å²) in [5.41, 5.74) is -0.151. The first kappa shape index (κ1) is 18.6. The fourth-order valence-corrected chi connectivity index (χ4v) is 3.51. The minimum absolute atomic E-state index is 0.0923. The Morgan fingerprint density at radius 3 is 2.75 bits per heavy atom. The number of hydrogen-bond donors (Lipinski definition) is 2. The predicted molar refractivity (Wildman–Crippen MR) is 96.8 cm³/mol. The van der Waals surface area contributed by atoms with Gasteiger partial charge >= 0.3 is 0 Å². The summed E-state index contributed by atoms with van der Waals surface area (Å²) in [6, 6.07) is 0.